The fourth-order valence-electron chi connectivity index (χ4n) is 2.81. The molecule has 5 nitrogen and oxygen atoms in total. The highest BCUT2D eigenvalue weighted by atomic mass is 16.6. The van der Waals surface area contributed by atoms with Gasteiger partial charge in [0.05, 0.1) is 0 Å². The van der Waals surface area contributed by atoms with Crippen LogP contribution < -0.4 is 5.32 Å². The molecule has 1 N–H and O–H groups in total. The maximum Gasteiger partial charge on any atom is 0.410 e. The van der Waals surface area contributed by atoms with Crippen molar-refractivity contribution in [1.29, 1.82) is 0 Å². The van der Waals surface area contributed by atoms with Crippen LogP contribution in [0.1, 0.15) is 79.1 Å². The van der Waals surface area contributed by atoms with Crippen LogP contribution in [0.4, 0.5) is 4.79 Å². The monoisotopic (exact) mass is 326 g/mol. The minimum absolute atomic E-state index is 0.0399. The zero-order chi connectivity index (χ0) is 17.3. The van der Waals surface area contributed by atoms with Crippen molar-refractivity contribution in [3.8, 4) is 0 Å². The second-order valence-electron chi connectivity index (χ2n) is 7.39. The SMILES string of the molecule is CCCCCCCCNC(=O)[C@@H]1CCCN1C(=O)OC(C)(C)C. The highest BCUT2D eigenvalue weighted by molar-refractivity contribution is 5.86. The Morgan fingerprint density at radius 1 is 1.13 bits per heavy atom. The van der Waals surface area contributed by atoms with E-state index in [0.717, 1.165) is 25.7 Å². The summed E-state index contributed by atoms with van der Waals surface area (Å²) in [6, 6.07) is -0.370. The Labute approximate surface area is 141 Å². The first-order valence-electron chi connectivity index (χ1n) is 9.12. The van der Waals surface area contributed by atoms with Crippen molar-refractivity contribution in [3.05, 3.63) is 0 Å². The third-order valence-electron chi connectivity index (χ3n) is 4.01. The fraction of sp³-hybridized carbons (Fsp3) is 0.889. The number of nitrogens with zero attached hydrogens (tertiary/aromatic N) is 1. The Hall–Kier alpha value is -1.26. The van der Waals surface area contributed by atoms with Crippen LogP contribution in [0.25, 0.3) is 0 Å². The van der Waals surface area contributed by atoms with Gasteiger partial charge in [-0.25, -0.2) is 4.79 Å². The number of amides is 2. The molecule has 5 heteroatoms. The first-order valence-corrected chi connectivity index (χ1v) is 9.12. The predicted octanol–water partition coefficient (Wildman–Crippen LogP) is 3.86. The molecule has 0 radical (unpaired) electrons. The van der Waals surface area contributed by atoms with Gasteiger partial charge in [-0.3, -0.25) is 9.69 Å². The van der Waals surface area contributed by atoms with Gasteiger partial charge in [0.1, 0.15) is 11.6 Å². The van der Waals surface area contributed by atoms with Crippen LogP contribution in [-0.2, 0) is 9.53 Å². The quantitative estimate of drug-likeness (QED) is 0.689. The lowest BCUT2D eigenvalue weighted by Crippen LogP contribution is -2.47. The number of carbonyl (C=O) groups excluding carboxylic acids is 2. The van der Waals surface area contributed by atoms with Crippen molar-refractivity contribution in [2.45, 2.75) is 90.7 Å². The molecule has 0 aromatic carbocycles. The van der Waals surface area contributed by atoms with E-state index in [2.05, 4.69) is 12.2 Å². The number of rotatable bonds is 8. The molecule has 2 amide bonds. The molecule has 0 unspecified atom stereocenters. The average molecular weight is 326 g/mol. The Bertz CT molecular complexity index is 377. The smallest absolute Gasteiger partial charge is 0.410 e. The van der Waals surface area contributed by atoms with Crippen LogP contribution in [0, 0.1) is 0 Å². The molecule has 1 atom stereocenters. The first-order chi connectivity index (χ1) is 10.8. The van der Waals surface area contributed by atoms with Gasteiger partial charge in [-0.15, -0.1) is 0 Å². The van der Waals surface area contributed by atoms with E-state index in [-0.39, 0.29) is 18.0 Å². The zero-order valence-corrected chi connectivity index (χ0v) is 15.3. The van der Waals surface area contributed by atoms with E-state index in [4.69, 9.17) is 4.74 Å². The normalized spacial score (nSPS) is 18.1. The van der Waals surface area contributed by atoms with Gasteiger partial charge in [0.25, 0.3) is 0 Å². The minimum atomic E-state index is -0.529. The summed E-state index contributed by atoms with van der Waals surface area (Å²) in [5.41, 5.74) is -0.529. The number of ether oxygens (including phenoxy) is 1. The molecule has 1 aliphatic rings. The van der Waals surface area contributed by atoms with E-state index in [0.29, 0.717) is 13.1 Å². The van der Waals surface area contributed by atoms with Gasteiger partial charge >= 0.3 is 6.09 Å². The molecule has 0 spiro atoms. The van der Waals surface area contributed by atoms with Gasteiger partial charge in [0, 0.05) is 13.1 Å². The first kappa shape index (κ1) is 19.8. The molecule has 1 rings (SSSR count). The zero-order valence-electron chi connectivity index (χ0n) is 15.3. The molecule has 0 bridgehead atoms. The maximum atomic E-state index is 12.3. The molecule has 1 aliphatic heterocycles. The molecule has 0 aliphatic carbocycles. The number of hydrogen-bond donors (Lipinski definition) is 1. The molecule has 0 saturated carbocycles. The van der Waals surface area contributed by atoms with Gasteiger partial charge in [0.2, 0.25) is 5.91 Å². The number of unbranched alkanes of at least 4 members (excludes halogenated alkanes) is 5. The van der Waals surface area contributed by atoms with Crippen molar-refractivity contribution in [2.75, 3.05) is 13.1 Å². The summed E-state index contributed by atoms with van der Waals surface area (Å²) >= 11 is 0. The molecular weight excluding hydrogens is 292 g/mol. The van der Waals surface area contributed by atoms with E-state index in [1.165, 1.54) is 25.7 Å². The van der Waals surface area contributed by atoms with Crippen molar-refractivity contribution >= 4 is 12.0 Å². The number of hydrogen-bond acceptors (Lipinski definition) is 3. The largest absolute Gasteiger partial charge is 0.444 e. The van der Waals surface area contributed by atoms with Gasteiger partial charge < -0.3 is 10.1 Å². The van der Waals surface area contributed by atoms with Crippen LogP contribution >= 0.6 is 0 Å². The molecule has 1 fully saturated rings. The summed E-state index contributed by atoms with van der Waals surface area (Å²) < 4.78 is 5.39. The van der Waals surface area contributed by atoms with E-state index in [9.17, 15) is 9.59 Å². The van der Waals surface area contributed by atoms with E-state index >= 15 is 0 Å². The fourth-order valence-corrected chi connectivity index (χ4v) is 2.81. The highest BCUT2D eigenvalue weighted by Gasteiger charge is 2.36. The topological polar surface area (TPSA) is 58.6 Å². The summed E-state index contributed by atoms with van der Waals surface area (Å²) in [5.74, 6) is -0.0399. The maximum absolute atomic E-state index is 12.3. The third-order valence-corrected chi connectivity index (χ3v) is 4.01. The average Bonchev–Trinajstić information content (AvgIpc) is 2.94. The standard InChI is InChI=1S/C18H34N2O3/c1-5-6-7-8-9-10-13-19-16(21)15-12-11-14-20(15)17(22)23-18(2,3)4/h15H,5-14H2,1-4H3,(H,19,21)/t15-/m0/s1. The van der Waals surface area contributed by atoms with Crippen LogP contribution in [-0.4, -0.2) is 41.6 Å². The minimum Gasteiger partial charge on any atom is -0.444 e. The number of nitrogens with one attached hydrogen (secondary N) is 1. The van der Waals surface area contributed by atoms with Crippen LogP contribution in [0.5, 0.6) is 0 Å². The molecule has 23 heavy (non-hydrogen) atoms. The van der Waals surface area contributed by atoms with E-state index < -0.39 is 5.60 Å². The Kier molecular flexibility index (Phi) is 8.42. The summed E-state index contributed by atoms with van der Waals surface area (Å²) in [4.78, 5) is 26.0. The summed E-state index contributed by atoms with van der Waals surface area (Å²) in [6.45, 7) is 9.03. The lowest BCUT2D eigenvalue weighted by Gasteiger charge is -2.28. The van der Waals surface area contributed by atoms with Gasteiger partial charge in [0.15, 0.2) is 0 Å². The van der Waals surface area contributed by atoms with E-state index in [1.54, 1.807) is 4.90 Å². The molecule has 0 aromatic heterocycles. The molecule has 0 aromatic rings. The third kappa shape index (κ3) is 7.71. The van der Waals surface area contributed by atoms with Gasteiger partial charge in [-0.1, -0.05) is 39.0 Å². The molecule has 1 saturated heterocycles. The van der Waals surface area contributed by atoms with Crippen molar-refractivity contribution in [1.82, 2.24) is 10.2 Å². The van der Waals surface area contributed by atoms with Gasteiger partial charge in [-0.2, -0.15) is 0 Å². The summed E-state index contributed by atoms with van der Waals surface area (Å²) in [6.07, 6.45) is 8.41. The Morgan fingerprint density at radius 3 is 2.43 bits per heavy atom. The van der Waals surface area contributed by atoms with Crippen LogP contribution in [0.2, 0.25) is 0 Å². The summed E-state index contributed by atoms with van der Waals surface area (Å²) in [5, 5.41) is 2.97. The van der Waals surface area contributed by atoms with Gasteiger partial charge in [-0.05, 0) is 40.0 Å². The molecule has 134 valence electrons. The number of carbonyl (C=O) groups is 2. The van der Waals surface area contributed by atoms with Crippen molar-refractivity contribution < 1.29 is 14.3 Å². The Morgan fingerprint density at radius 2 is 1.78 bits per heavy atom. The van der Waals surface area contributed by atoms with E-state index in [1.807, 2.05) is 20.8 Å². The van der Waals surface area contributed by atoms with Crippen LogP contribution in [0.3, 0.4) is 0 Å². The molecule has 1 heterocycles. The lowest BCUT2D eigenvalue weighted by molar-refractivity contribution is -0.125. The second kappa shape index (κ2) is 9.78. The number of likely N-dealkylation sites (tertiary alicyclic amines) is 1. The Balaban J connectivity index is 2.30. The van der Waals surface area contributed by atoms with Crippen molar-refractivity contribution in [2.24, 2.45) is 0 Å². The predicted molar refractivity (Wildman–Crippen MR) is 92.3 cm³/mol. The molecular formula is C18H34N2O3. The van der Waals surface area contributed by atoms with Crippen LogP contribution in [0.15, 0.2) is 0 Å². The summed E-state index contributed by atoms with van der Waals surface area (Å²) in [7, 11) is 0. The highest BCUT2D eigenvalue weighted by Crippen LogP contribution is 2.21. The van der Waals surface area contributed by atoms with Crippen molar-refractivity contribution in [3.63, 3.8) is 0 Å². The lowest BCUT2D eigenvalue weighted by atomic mass is 10.1. The second-order valence-corrected chi connectivity index (χ2v) is 7.39.